The van der Waals surface area contributed by atoms with Crippen molar-refractivity contribution in [3.63, 3.8) is 0 Å². The summed E-state index contributed by atoms with van der Waals surface area (Å²) in [4.78, 5) is 10.7. The Morgan fingerprint density at radius 3 is 2.64 bits per heavy atom. The average molecular weight is 215 g/mol. The lowest BCUT2D eigenvalue weighted by Crippen LogP contribution is -2.22. The molecule has 0 amide bonds. The number of anilines is 1. The number of carboxylic acids is 1. The Bertz CT molecular complexity index is 379. The van der Waals surface area contributed by atoms with Crippen molar-refractivity contribution in [3.05, 3.63) is 28.3 Å². The minimum Gasteiger partial charge on any atom is -0.480 e. The van der Waals surface area contributed by atoms with Crippen LogP contribution in [0.15, 0.2) is 12.1 Å². The van der Waals surface area contributed by atoms with Gasteiger partial charge in [0.05, 0.1) is 0 Å². The quantitative estimate of drug-likeness (QED) is 0.648. The molecule has 1 atom stereocenters. The molecule has 0 aliphatic carbocycles. The molecule has 1 rings (SSSR count). The van der Waals surface area contributed by atoms with Crippen molar-refractivity contribution < 1.29 is 9.90 Å². The molecule has 0 heterocycles. The summed E-state index contributed by atoms with van der Waals surface area (Å²) >= 11 is 5.77. The molecule has 0 fully saturated rings. The average Bonchev–Trinajstić information content (AvgIpc) is 2.09. The predicted octanol–water partition coefficient (Wildman–Crippen LogP) is 1.32. The molecule has 14 heavy (non-hydrogen) atoms. The number of nitrogens with two attached hydrogens (primary N) is 2. The first-order chi connectivity index (χ1) is 6.43. The summed E-state index contributed by atoms with van der Waals surface area (Å²) in [6, 6.07) is 2.00. The Balaban J connectivity index is 3.26. The van der Waals surface area contributed by atoms with Gasteiger partial charge in [0.25, 0.3) is 0 Å². The fraction of sp³-hybridized carbons (Fsp3) is 0.222. The monoisotopic (exact) mass is 214 g/mol. The molecule has 0 saturated heterocycles. The van der Waals surface area contributed by atoms with Crippen molar-refractivity contribution in [1.82, 2.24) is 0 Å². The maximum Gasteiger partial charge on any atom is 0.325 e. The van der Waals surface area contributed by atoms with E-state index < -0.39 is 12.0 Å². The summed E-state index contributed by atoms with van der Waals surface area (Å²) in [5, 5.41) is 9.15. The number of rotatable bonds is 2. The highest BCUT2D eigenvalue weighted by Gasteiger charge is 2.18. The second kappa shape index (κ2) is 3.86. The van der Waals surface area contributed by atoms with Gasteiger partial charge in [0, 0.05) is 16.3 Å². The van der Waals surface area contributed by atoms with E-state index in [0.717, 1.165) is 5.56 Å². The van der Waals surface area contributed by atoms with E-state index in [-0.39, 0.29) is 0 Å². The van der Waals surface area contributed by atoms with Crippen LogP contribution in [0.3, 0.4) is 0 Å². The van der Waals surface area contributed by atoms with Crippen LogP contribution in [0.4, 0.5) is 5.69 Å². The van der Waals surface area contributed by atoms with E-state index in [1.54, 1.807) is 13.0 Å². The molecular formula is C9H11ClN2O2. The summed E-state index contributed by atoms with van der Waals surface area (Å²) < 4.78 is 0. The SMILES string of the molecule is Cc1cc(Cl)cc([C@@H](N)C(=O)O)c1N. The van der Waals surface area contributed by atoms with Gasteiger partial charge in [-0.2, -0.15) is 0 Å². The molecule has 76 valence electrons. The summed E-state index contributed by atoms with van der Waals surface area (Å²) in [6.07, 6.45) is 0. The van der Waals surface area contributed by atoms with Crippen LogP contribution in [0.5, 0.6) is 0 Å². The molecule has 0 bridgehead atoms. The highest BCUT2D eigenvalue weighted by molar-refractivity contribution is 6.30. The molecule has 5 N–H and O–H groups in total. The summed E-state index contributed by atoms with van der Waals surface area (Å²) in [5.74, 6) is -1.13. The molecule has 0 aromatic heterocycles. The highest BCUT2D eigenvalue weighted by Crippen LogP contribution is 2.26. The Hall–Kier alpha value is -1.26. The molecular weight excluding hydrogens is 204 g/mol. The van der Waals surface area contributed by atoms with Gasteiger partial charge in [-0.3, -0.25) is 4.79 Å². The van der Waals surface area contributed by atoms with Crippen LogP contribution in [-0.4, -0.2) is 11.1 Å². The largest absolute Gasteiger partial charge is 0.480 e. The minimum atomic E-state index is -1.13. The number of carbonyl (C=O) groups is 1. The third-order valence-electron chi connectivity index (χ3n) is 1.98. The van der Waals surface area contributed by atoms with Crippen molar-refractivity contribution >= 4 is 23.3 Å². The van der Waals surface area contributed by atoms with Gasteiger partial charge in [0.1, 0.15) is 6.04 Å². The first kappa shape index (κ1) is 10.8. The second-order valence-corrected chi connectivity index (χ2v) is 3.48. The van der Waals surface area contributed by atoms with Crippen LogP contribution in [0.2, 0.25) is 5.02 Å². The smallest absolute Gasteiger partial charge is 0.325 e. The minimum absolute atomic E-state index is 0.350. The zero-order chi connectivity index (χ0) is 10.9. The van der Waals surface area contributed by atoms with Crippen molar-refractivity contribution in [1.29, 1.82) is 0 Å². The number of hydrogen-bond acceptors (Lipinski definition) is 3. The summed E-state index contributed by atoms with van der Waals surface area (Å²) in [6.45, 7) is 1.75. The fourth-order valence-electron chi connectivity index (χ4n) is 1.17. The third-order valence-corrected chi connectivity index (χ3v) is 2.20. The lowest BCUT2D eigenvalue weighted by Gasteiger charge is -2.12. The van der Waals surface area contributed by atoms with Gasteiger partial charge in [-0.05, 0) is 24.6 Å². The molecule has 4 nitrogen and oxygen atoms in total. The van der Waals surface area contributed by atoms with E-state index in [4.69, 9.17) is 28.2 Å². The number of hydrogen-bond donors (Lipinski definition) is 3. The van der Waals surface area contributed by atoms with Crippen molar-refractivity contribution in [3.8, 4) is 0 Å². The van der Waals surface area contributed by atoms with Gasteiger partial charge < -0.3 is 16.6 Å². The first-order valence-electron chi connectivity index (χ1n) is 3.97. The lowest BCUT2D eigenvalue weighted by atomic mass is 10.0. The van der Waals surface area contributed by atoms with E-state index in [2.05, 4.69) is 0 Å². The molecule has 1 aromatic rings. The Kier molecular flexibility index (Phi) is 2.98. The topological polar surface area (TPSA) is 89.3 Å². The third kappa shape index (κ3) is 1.97. The van der Waals surface area contributed by atoms with Gasteiger partial charge in [0.2, 0.25) is 0 Å². The number of halogens is 1. The normalized spacial score (nSPS) is 12.5. The van der Waals surface area contributed by atoms with E-state index in [1.807, 2.05) is 0 Å². The van der Waals surface area contributed by atoms with E-state index in [0.29, 0.717) is 16.3 Å². The van der Waals surface area contributed by atoms with Crippen molar-refractivity contribution in [2.75, 3.05) is 5.73 Å². The van der Waals surface area contributed by atoms with E-state index in [9.17, 15) is 4.79 Å². The zero-order valence-electron chi connectivity index (χ0n) is 7.62. The predicted molar refractivity (Wildman–Crippen MR) is 55.2 cm³/mol. The maximum atomic E-state index is 10.7. The van der Waals surface area contributed by atoms with Gasteiger partial charge in [0.15, 0.2) is 0 Å². The van der Waals surface area contributed by atoms with Crippen LogP contribution in [0.1, 0.15) is 17.2 Å². The van der Waals surface area contributed by atoms with E-state index in [1.165, 1.54) is 6.07 Å². The number of benzene rings is 1. The van der Waals surface area contributed by atoms with Crippen molar-refractivity contribution in [2.45, 2.75) is 13.0 Å². The Labute approximate surface area is 86.5 Å². The first-order valence-corrected chi connectivity index (χ1v) is 4.35. The van der Waals surface area contributed by atoms with Crippen LogP contribution in [-0.2, 0) is 4.79 Å². The summed E-state index contributed by atoms with van der Waals surface area (Å²) in [5.41, 5.74) is 12.6. The molecule has 1 aromatic carbocycles. The molecule has 5 heteroatoms. The fourth-order valence-corrected chi connectivity index (χ4v) is 1.45. The number of carboxylic acid groups (broad SMARTS) is 1. The molecule has 0 unspecified atom stereocenters. The molecule has 0 aliphatic rings. The van der Waals surface area contributed by atoms with Gasteiger partial charge in [-0.1, -0.05) is 11.6 Å². The zero-order valence-corrected chi connectivity index (χ0v) is 8.38. The number of nitrogen functional groups attached to an aromatic ring is 1. The standard InChI is InChI=1S/C9H11ClN2O2/c1-4-2-5(10)3-6(7(4)11)8(12)9(13)14/h2-3,8H,11-12H2,1H3,(H,13,14)/t8-/m1/s1. The van der Waals surface area contributed by atoms with Crippen LogP contribution < -0.4 is 11.5 Å². The maximum absolute atomic E-state index is 10.7. The highest BCUT2D eigenvalue weighted by atomic mass is 35.5. The van der Waals surface area contributed by atoms with Crippen LogP contribution in [0, 0.1) is 6.92 Å². The Morgan fingerprint density at radius 2 is 2.14 bits per heavy atom. The molecule has 0 radical (unpaired) electrons. The number of aryl methyl sites for hydroxylation is 1. The van der Waals surface area contributed by atoms with E-state index >= 15 is 0 Å². The molecule has 0 spiro atoms. The molecule has 0 aliphatic heterocycles. The molecule has 0 saturated carbocycles. The van der Waals surface area contributed by atoms with Crippen LogP contribution in [0.25, 0.3) is 0 Å². The van der Waals surface area contributed by atoms with Crippen molar-refractivity contribution in [2.24, 2.45) is 5.73 Å². The lowest BCUT2D eigenvalue weighted by molar-refractivity contribution is -0.138. The van der Waals surface area contributed by atoms with Gasteiger partial charge >= 0.3 is 5.97 Å². The van der Waals surface area contributed by atoms with Crippen LogP contribution >= 0.6 is 11.6 Å². The number of aliphatic carboxylic acids is 1. The Morgan fingerprint density at radius 1 is 1.57 bits per heavy atom. The second-order valence-electron chi connectivity index (χ2n) is 3.04. The van der Waals surface area contributed by atoms with Gasteiger partial charge in [-0.25, -0.2) is 0 Å². The van der Waals surface area contributed by atoms with Gasteiger partial charge in [-0.15, -0.1) is 0 Å². The summed E-state index contributed by atoms with van der Waals surface area (Å²) in [7, 11) is 0.